The number of rotatable bonds is 5. The fourth-order valence-corrected chi connectivity index (χ4v) is 3.64. The van der Waals surface area contributed by atoms with E-state index >= 15 is 0 Å². The summed E-state index contributed by atoms with van der Waals surface area (Å²) in [6, 6.07) is 8.89. The maximum atomic E-state index is 13.4. The first kappa shape index (κ1) is 23.6. The lowest BCUT2D eigenvalue weighted by atomic mass is 10.00. The van der Waals surface area contributed by atoms with Gasteiger partial charge < -0.3 is 24.4 Å². The molecule has 0 saturated carbocycles. The highest BCUT2D eigenvalue weighted by molar-refractivity contribution is 5.97. The molecule has 1 N–H and O–H groups in total. The molecular formula is C25H31N3O4. The van der Waals surface area contributed by atoms with Gasteiger partial charge in [-0.05, 0) is 39.2 Å². The van der Waals surface area contributed by atoms with Crippen molar-refractivity contribution < 1.29 is 19.4 Å². The molecule has 0 fully saturated rings. The molecule has 7 nitrogen and oxygen atoms in total. The van der Waals surface area contributed by atoms with Gasteiger partial charge in [-0.2, -0.15) is 0 Å². The predicted molar refractivity (Wildman–Crippen MR) is 123 cm³/mol. The van der Waals surface area contributed by atoms with Gasteiger partial charge in [0.1, 0.15) is 17.4 Å². The van der Waals surface area contributed by atoms with E-state index < -0.39 is 0 Å². The zero-order valence-corrected chi connectivity index (χ0v) is 19.3. The molecule has 32 heavy (non-hydrogen) atoms. The van der Waals surface area contributed by atoms with E-state index in [9.17, 15) is 9.90 Å². The topological polar surface area (TPSA) is 75.1 Å². The van der Waals surface area contributed by atoms with Crippen molar-refractivity contribution in [1.82, 2.24) is 14.8 Å². The second-order valence-electron chi connectivity index (χ2n) is 8.41. The number of aromatic nitrogens is 1. The summed E-state index contributed by atoms with van der Waals surface area (Å²) in [7, 11) is 5.57. The third-order valence-corrected chi connectivity index (χ3v) is 5.51. The van der Waals surface area contributed by atoms with E-state index in [1.54, 1.807) is 24.3 Å². The number of ether oxygens (including phenoxy) is 2. The van der Waals surface area contributed by atoms with E-state index in [-0.39, 0.29) is 30.6 Å². The molecule has 0 spiro atoms. The summed E-state index contributed by atoms with van der Waals surface area (Å²) in [5.74, 6) is 6.99. The molecule has 2 aromatic rings. The molecule has 1 amide bonds. The summed E-state index contributed by atoms with van der Waals surface area (Å²) in [4.78, 5) is 21.6. The van der Waals surface area contributed by atoms with Gasteiger partial charge in [0.15, 0.2) is 0 Å². The summed E-state index contributed by atoms with van der Waals surface area (Å²) in [6.07, 6.45) is 1.47. The van der Waals surface area contributed by atoms with Gasteiger partial charge in [-0.3, -0.25) is 4.79 Å². The minimum absolute atomic E-state index is 0.0651. The Hall–Kier alpha value is -3.08. The summed E-state index contributed by atoms with van der Waals surface area (Å²) < 4.78 is 11.6. The smallest absolute Gasteiger partial charge is 0.259 e. The van der Waals surface area contributed by atoms with Crippen molar-refractivity contribution in [3.63, 3.8) is 0 Å². The number of para-hydroxylation sites is 1. The van der Waals surface area contributed by atoms with Crippen molar-refractivity contribution in [3.8, 4) is 23.5 Å². The molecule has 170 valence electrons. The van der Waals surface area contributed by atoms with Crippen LogP contribution in [0.3, 0.4) is 0 Å². The van der Waals surface area contributed by atoms with Gasteiger partial charge >= 0.3 is 0 Å². The molecule has 1 aromatic carbocycles. The number of carbonyl (C=O) groups is 1. The maximum Gasteiger partial charge on any atom is 0.259 e. The van der Waals surface area contributed by atoms with Crippen molar-refractivity contribution in [2.45, 2.75) is 26.0 Å². The average molecular weight is 438 g/mol. The number of fused-ring (bicyclic) bond motifs is 1. The number of hydrogen-bond donors (Lipinski definition) is 1. The molecule has 0 unspecified atom stereocenters. The highest BCUT2D eigenvalue weighted by atomic mass is 16.5. The Labute approximate surface area is 190 Å². The fraction of sp³-hybridized carbons (Fsp3) is 0.440. The largest absolute Gasteiger partial charge is 0.495 e. The van der Waals surface area contributed by atoms with Crippen molar-refractivity contribution >= 4 is 5.91 Å². The van der Waals surface area contributed by atoms with Crippen molar-refractivity contribution in [1.29, 1.82) is 0 Å². The SMILES string of the molecule is COc1ccccc1C#Cc1cnc2c(c1)C(=O)N([C@H](C)CO)C[C@H](C)[C@H](CN(C)C)O2. The Bertz CT molecular complexity index is 1010. The average Bonchev–Trinajstić information content (AvgIpc) is 2.79. The molecule has 0 saturated heterocycles. The van der Waals surface area contributed by atoms with Crippen molar-refractivity contribution in [2.75, 3.05) is 40.9 Å². The van der Waals surface area contributed by atoms with E-state index in [4.69, 9.17) is 9.47 Å². The molecule has 0 bridgehead atoms. The molecular weight excluding hydrogens is 406 g/mol. The van der Waals surface area contributed by atoms with Crippen LogP contribution < -0.4 is 9.47 Å². The minimum Gasteiger partial charge on any atom is -0.495 e. The van der Waals surface area contributed by atoms with Gasteiger partial charge in [0, 0.05) is 30.8 Å². The number of methoxy groups -OCH3 is 1. The number of pyridine rings is 1. The van der Waals surface area contributed by atoms with Crippen LogP contribution in [0.2, 0.25) is 0 Å². The van der Waals surface area contributed by atoms with E-state index in [1.165, 1.54) is 0 Å². The van der Waals surface area contributed by atoms with Crippen LogP contribution in [0.1, 0.15) is 35.3 Å². The van der Waals surface area contributed by atoms with Crippen LogP contribution in [0.25, 0.3) is 0 Å². The molecule has 0 aliphatic carbocycles. The Balaban J connectivity index is 2.02. The van der Waals surface area contributed by atoms with Crippen molar-refractivity contribution in [3.05, 3.63) is 53.2 Å². The third-order valence-electron chi connectivity index (χ3n) is 5.51. The second kappa shape index (κ2) is 10.5. The molecule has 2 heterocycles. The minimum atomic E-state index is -0.320. The quantitative estimate of drug-likeness (QED) is 0.724. The molecule has 3 atom stereocenters. The standard InChI is InChI=1S/C25H31N3O4/c1-17-14-28(18(2)16-29)25(30)21-12-19(10-11-20-8-6-7-9-22(20)31-5)13-26-24(21)32-23(17)15-27(3)4/h6-9,12-13,17-18,23,29H,14-16H2,1-5H3/t17-,18+,23-/m0/s1. The van der Waals surface area contributed by atoms with Crippen LogP contribution in [0.4, 0.5) is 0 Å². The van der Waals surface area contributed by atoms with Gasteiger partial charge in [0.05, 0.1) is 25.3 Å². The van der Waals surface area contributed by atoms with Gasteiger partial charge in [0.25, 0.3) is 5.91 Å². The van der Waals surface area contributed by atoms with Crippen LogP contribution in [0.15, 0.2) is 36.5 Å². The Morgan fingerprint density at radius 1 is 1.34 bits per heavy atom. The zero-order valence-electron chi connectivity index (χ0n) is 19.3. The van der Waals surface area contributed by atoms with Crippen LogP contribution in [0, 0.1) is 17.8 Å². The first-order valence-electron chi connectivity index (χ1n) is 10.7. The first-order chi connectivity index (χ1) is 15.3. The van der Waals surface area contributed by atoms with Crippen LogP contribution in [0.5, 0.6) is 11.6 Å². The monoisotopic (exact) mass is 437 g/mol. The van der Waals surface area contributed by atoms with Crippen LogP contribution >= 0.6 is 0 Å². The first-order valence-corrected chi connectivity index (χ1v) is 10.7. The lowest BCUT2D eigenvalue weighted by Crippen LogP contribution is -2.49. The number of nitrogens with zero attached hydrogens (tertiary/aromatic N) is 3. The van der Waals surface area contributed by atoms with E-state index in [1.807, 2.05) is 45.3 Å². The van der Waals surface area contributed by atoms with Gasteiger partial charge in [-0.15, -0.1) is 0 Å². The Kier molecular flexibility index (Phi) is 7.73. The van der Waals surface area contributed by atoms with Crippen molar-refractivity contribution in [2.24, 2.45) is 5.92 Å². The summed E-state index contributed by atoms with van der Waals surface area (Å²) in [6.45, 7) is 4.94. The summed E-state index contributed by atoms with van der Waals surface area (Å²) >= 11 is 0. The number of aliphatic hydroxyl groups is 1. The van der Waals surface area contributed by atoms with Gasteiger partial charge in [-0.25, -0.2) is 4.98 Å². The number of aliphatic hydroxyl groups excluding tert-OH is 1. The third kappa shape index (κ3) is 5.39. The lowest BCUT2D eigenvalue weighted by Gasteiger charge is -2.37. The Morgan fingerprint density at radius 3 is 2.78 bits per heavy atom. The lowest BCUT2D eigenvalue weighted by molar-refractivity contribution is 0.0348. The van der Waals surface area contributed by atoms with Gasteiger partial charge in [-0.1, -0.05) is 30.9 Å². The predicted octanol–water partition coefficient (Wildman–Crippen LogP) is 2.27. The normalized spacial score (nSPS) is 19.2. The zero-order chi connectivity index (χ0) is 23.3. The number of carbonyl (C=O) groups excluding carboxylic acids is 1. The summed E-state index contributed by atoms with van der Waals surface area (Å²) in [5.41, 5.74) is 1.70. The molecule has 0 radical (unpaired) electrons. The van der Waals surface area contributed by atoms with E-state index in [0.29, 0.717) is 35.8 Å². The number of hydrogen-bond acceptors (Lipinski definition) is 6. The van der Waals surface area contributed by atoms with E-state index in [0.717, 1.165) is 5.56 Å². The van der Waals surface area contributed by atoms with E-state index in [2.05, 4.69) is 28.6 Å². The molecule has 3 rings (SSSR count). The van der Waals surface area contributed by atoms with Crippen LogP contribution in [-0.4, -0.2) is 78.8 Å². The molecule has 7 heteroatoms. The summed E-state index contributed by atoms with van der Waals surface area (Å²) in [5, 5.41) is 9.74. The fourth-order valence-electron chi connectivity index (χ4n) is 3.64. The highest BCUT2D eigenvalue weighted by Crippen LogP contribution is 2.27. The molecule has 1 aromatic heterocycles. The highest BCUT2D eigenvalue weighted by Gasteiger charge is 2.33. The second-order valence-corrected chi connectivity index (χ2v) is 8.41. The number of amides is 1. The van der Waals surface area contributed by atoms with Gasteiger partial charge in [0.2, 0.25) is 5.88 Å². The van der Waals surface area contributed by atoms with Crippen LogP contribution in [-0.2, 0) is 0 Å². The number of benzene rings is 1. The Morgan fingerprint density at radius 2 is 2.09 bits per heavy atom. The maximum absolute atomic E-state index is 13.4. The molecule has 1 aliphatic rings. The number of likely N-dealkylation sites (N-methyl/N-ethyl adjacent to an activating group) is 1. The molecule has 1 aliphatic heterocycles.